The third-order valence-corrected chi connectivity index (χ3v) is 2.93. The predicted octanol–water partition coefficient (Wildman–Crippen LogP) is 0.834. The zero-order valence-corrected chi connectivity index (χ0v) is 10.3. The quantitative estimate of drug-likeness (QED) is 0.814. The summed E-state index contributed by atoms with van der Waals surface area (Å²) in [6, 6.07) is 0.181. The number of anilines is 1. The number of aliphatic hydroxyl groups excluding tert-OH is 1. The molecule has 0 amide bonds. The highest BCUT2D eigenvalue weighted by Gasteiger charge is 2.27. The smallest absolute Gasteiger partial charge is 0.293 e. The van der Waals surface area contributed by atoms with Gasteiger partial charge < -0.3 is 15.0 Å². The molecule has 0 bridgehead atoms. The van der Waals surface area contributed by atoms with Crippen molar-refractivity contribution in [2.24, 2.45) is 5.92 Å². The normalized spacial score (nSPS) is 23.5. The van der Waals surface area contributed by atoms with Crippen LogP contribution >= 0.6 is 0 Å². The minimum absolute atomic E-state index is 0.0809. The van der Waals surface area contributed by atoms with Crippen molar-refractivity contribution < 1.29 is 5.11 Å². The van der Waals surface area contributed by atoms with Gasteiger partial charge in [-0.3, -0.25) is 4.79 Å². The van der Waals surface area contributed by atoms with Crippen molar-refractivity contribution in [3.8, 4) is 0 Å². The summed E-state index contributed by atoms with van der Waals surface area (Å²) < 4.78 is 1.68. The molecule has 1 heterocycles. The van der Waals surface area contributed by atoms with Gasteiger partial charge in [-0.1, -0.05) is 13.8 Å². The fourth-order valence-corrected chi connectivity index (χ4v) is 1.98. The van der Waals surface area contributed by atoms with E-state index in [4.69, 9.17) is 0 Å². The van der Waals surface area contributed by atoms with E-state index in [1.165, 1.54) is 0 Å². The highest BCUT2D eigenvalue weighted by atomic mass is 16.3. The van der Waals surface area contributed by atoms with Crippen molar-refractivity contribution in [3.05, 3.63) is 22.7 Å². The molecule has 1 aliphatic carbocycles. The number of aliphatic hydroxyl groups is 1. The third kappa shape index (κ3) is 2.85. The minimum Gasteiger partial charge on any atom is -0.393 e. The number of hydrogen-bond acceptors (Lipinski definition) is 4. The van der Waals surface area contributed by atoms with E-state index in [9.17, 15) is 9.90 Å². The lowest BCUT2D eigenvalue weighted by Crippen LogP contribution is -2.41. The molecule has 5 nitrogen and oxygen atoms in total. The average molecular weight is 237 g/mol. The first-order chi connectivity index (χ1) is 8.06. The Kier molecular flexibility index (Phi) is 3.47. The fraction of sp³-hybridized carbons (Fsp3) is 0.667. The van der Waals surface area contributed by atoms with Crippen LogP contribution in [0.5, 0.6) is 0 Å². The SMILES string of the molecule is CC(C)Cn1ccnc(NC2CC(O)C2)c1=O. The van der Waals surface area contributed by atoms with E-state index in [1.54, 1.807) is 17.0 Å². The summed E-state index contributed by atoms with van der Waals surface area (Å²) in [4.78, 5) is 16.1. The summed E-state index contributed by atoms with van der Waals surface area (Å²) in [6.07, 6.45) is 4.51. The number of nitrogens with zero attached hydrogens (tertiary/aromatic N) is 2. The fourth-order valence-electron chi connectivity index (χ4n) is 1.98. The molecule has 2 N–H and O–H groups in total. The van der Waals surface area contributed by atoms with Crippen LogP contribution in [0.2, 0.25) is 0 Å². The van der Waals surface area contributed by atoms with E-state index in [0.29, 0.717) is 31.1 Å². The van der Waals surface area contributed by atoms with Crippen molar-refractivity contribution >= 4 is 5.82 Å². The van der Waals surface area contributed by atoms with Crippen molar-refractivity contribution in [1.82, 2.24) is 9.55 Å². The Balaban J connectivity index is 2.09. The van der Waals surface area contributed by atoms with E-state index in [2.05, 4.69) is 24.1 Å². The van der Waals surface area contributed by atoms with Gasteiger partial charge in [-0.15, -0.1) is 0 Å². The van der Waals surface area contributed by atoms with Crippen molar-refractivity contribution in [3.63, 3.8) is 0 Å². The summed E-state index contributed by atoms with van der Waals surface area (Å²) in [7, 11) is 0. The van der Waals surface area contributed by atoms with Gasteiger partial charge in [0.1, 0.15) is 0 Å². The Morgan fingerprint density at radius 3 is 2.88 bits per heavy atom. The first kappa shape index (κ1) is 12.1. The van der Waals surface area contributed by atoms with Gasteiger partial charge in [-0.2, -0.15) is 0 Å². The van der Waals surface area contributed by atoms with Crippen molar-refractivity contribution in [2.75, 3.05) is 5.32 Å². The largest absolute Gasteiger partial charge is 0.393 e. The molecule has 17 heavy (non-hydrogen) atoms. The van der Waals surface area contributed by atoms with Crippen LogP contribution < -0.4 is 10.9 Å². The summed E-state index contributed by atoms with van der Waals surface area (Å²) in [5.41, 5.74) is -0.0809. The second-order valence-electron chi connectivity index (χ2n) is 5.09. The molecule has 0 spiro atoms. The molecular weight excluding hydrogens is 218 g/mol. The maximum Gasteiger partial charge on any atom is 0.293 e. The van der Waals surface area contributed by atoms with Crippen LogP contribution in [0, 0.1) is 5.92 Å². The summed E-state index contributed by atoms with van der Waals surface area (Å²) in [5, 5.41) is 12.3. The molecule has 1 aromatic rings. The molecule has 2 rings (SSSR count). The second kappa shape index (κ2) is 4.87. The zero-order valence-electron chi connectivity index (χ0n) is 10.3. The summed E-state index contributed by atoms with van der Waals surface area (Å²) in [5.74, 6) is 0.818. The van der Waals surface area contributed by atoms with E-state index in [-0.39, 0.29) is 17.7 Å². The van der Waals surface area contributed by atoms with Gasteiger partial charge in [0, 0.05) is 25.0 Å². The van der Waals surface area contributed by atoms with Crippen molar-refractivity contribution in [1.29, 1.82) is 0 Å². The molecule has 0 aromatic carbocycles. The van der Waals surface area contributed by atoms with Crippen LogP contribution in [0.25, 0.3) is 0 Å². The first-order valence-corrected chi connectivity index (χ1v) is 6.06. The Morgan fingerprint density at radius 2 is 2.29 bits per heavy atom. The molecular formula is C12H19N3O2. The molecule has 94 valence electrons. The number of rotatable bonds is 4. The van der Waals surface area contributed by atoms with Gasteiger partial charge in [0.2, 0.25) is 0 Å². The zero-order chi connectivity index (χ0) is 12.4. The number of hydrogen-bond donors (Lipinski definition) is 2. The van der Waals surface area contributed by atoms with E-state index in [0.717, 1.165) is 0 Å². The van der Waals surface area contributed by atoms with Gasteiger partial charge in [0.15, 0.2) is 5.82 Å². The molecule has 1 saturated carbocycles. The lowest BCUT2D eigenvalue weighted by atomic mass is 9.90. The molecule has 5 heteroatoms. The van der Waals surface area contributed by atoms with Crippen LogP contribution in [-0.4, -0.2) is 26.8 Å². The molecule has 1 aromatic heterocycles. The molecule has 0 saturated heterocycles. The standard InChI is InChI=1S/C12H19N3O2/c1-8(2)7-15-4-3-13-11(12(15)17)14-9-5-10(16)6-9/h3-4,8-10,16H,5-7H2,1-2H3,(H,13,14). The van der Waals surface area contributed by atoms with Gasteiger partial charge in [0.05, 0.1) is 6.10 Å². The van der Waals surface area contributed by atoms with E-state index < -0.39 is 0 Å². The van der Waals surface area contributed by atoms with Crippen LogP contribution in [0.15, 0.2) is 17.2 Å². The van der Waals surface area contributed by atoms with E-state index >= 15 is 0 Å². The maximum absolute atomic E-state index is 12.0. The van der Waals surface area contributed by atoms with Gasteiger partial charge in [-0.05, 0) is 18.8 Å². The summed E-state index contributed by atoms with van der Waals surface area (Å²) in [6.45, 7) is 4.84. The van der Waals surface area contributed by atoms with Crippen LogP contribution in [-0.2, 0) is 6.54 Å². The topological polar surface area (TPSA) is 67.2 Å². The van der Waals surface area contributed by atoms with Crippen LogP contribution in [0.3, 0.4) is 0 Å². The monoisotopic (exact) mass is 237 g/mol. The highest BCUT2D eigenvalue weighted by Crippen LogP contribution is 2.21. The summed E-state index contributed by atoms with van der Waals surface area (Å²) >= 11 is 0. The van der Waals surface area contributed by atoms with E-state index in [1.807, 2.05) is 0 Å². The Morgan fingerprint density at radius 1 is 1.59 bits per heavy atom. The number of aromatic nitrogens is 2. The van der Waals surface area contributed by atoms with Crippen LogP contribution in [0.4, 0.5) is 5.82 Å². The minimum atomic E-state index is -0.228. The highest BCUT2D eigenvalue weighted by molar-refractivity contribution is 5.33. The lowest BCUT2D eigenvalue weighted by Gasteiger charge is -2.32. The van der Waals surface area contributed by atoms with Gasteiger partial charge in [0.25, 0.3) is 5.56 Å². The molecule has 0 radical (unpaired) electrons. The average Bonchev–Trinajstić information content (AvgIpc) is 2.21. The van der Waals surface area contributed by atoms with Crippen LogP contribution in [0.1, 0.15) is 26.7 Å². The maximum atomic E-state index is 12.0. The number of nitrogens with one attached hydrogen (secondary N) is 1. The lowest BCUT2D eigenvalue weighted by molar-refractivity contribution is 0.0835. The Labute approximate surface area is 100 Å². The molecule has 1 aliphatic rings. The molecule has 1 fully saturated rings. The van der Waals surface area contributed by atoms with Gasteiger partial charge in [-0.25, -0.2) is 4.98 Å². The Hall–Kier alpha value is -1.36. The van der Waals surface area contributed by atoms with Crippen molar-refractivity contribution in [2.45, 2.75) is 45.4 Å². The van der Waals surface area contributed by atoms with Gasteiger partial charge >= 0.3 is 0 Å². The molecule has 0 unspecified atom stereocenters. The second-order valence-corrected chi connectivity index (χ2v) is 5.09. The predicted molar refractivity (Wildman–Crippen MR) is 66.0 cm³/mol. The molecule has 0 aliphatic heterocycles. The third-order valence-electron chi connectivity index (χ3n) is 2.93. The first-order valence-electron chi connectivity index (χ1n) is 6.06. The Bertz CT molecular complexity index is 436. The molecule has 0 atom stereocenters.